The van der Waals surface area contributed by atoms with E-state index in [1.54, 1.807) is 20.8 Å². The number of rotatable bonds is 3. The Morgan fingerprint density at radius 1 is 1.46 bits per heavy atom. The van der Waals surface area contributed by atoms with Crippen LogP contribution in [0.25, 0.3) is 0 Å². The molecular weight excluding hydrogens is 172 g/mol. The summed E-state index contributed by atoms with van der Waals surface area (Å²) in [6, 6.07) is 0. The third-order valence-corrected chi connectivity index (χ3v) is 1.04. The fraction of sp³-hybridized carbons (Fsp3) is 0.750. The van der Waals surface area contributed by atoms with E-state index in [1.807, 2.05) is 0 Å². The Hall–Kier alpha value is -1.26. The van der Waals surface area contributed by atoms with Gasteiger partial charge >= 0.3 is 6.09 Å². The smallest absolute Gasteiger partial charge is 0.407 e. The number of amides is 2. The molecule has 0 radical (unpaired) electrons. The van der Waals surface area contributed by atoms with Gasteiger partial charge in [-0.1, -0.05) is 0 Å². The molecule has 0 spiro atoms. The molecule has 0 saturated heterocycles. The maximum atomic E-state index is 11.0. The Kier molecular flexibility index (Phi) is 4.23. The second-order valence-corrected chi connectivity index (χ2v) is 3.64. The standard InChI is InChI=1S/C8H16N2O3.2H2/c1-8(2,3)13-7(12)10-5-4-6(9)11;;/h4-5H2,1-3H3,(H2,9,11)(H,10,12);2*1H. The lowest BCUT2D eigenvalue weighted by atomic mass is 10.2. The number of carbonyl (C=O) groups is 2. The molecule has 80 valence electrons. The van der Waals surface area contributed by atoms with E-state index in [1.165, 1.54) is 0 Å². The summed E-state index contributed by atoms with van der Waals surface area (Å²) in [6.45, 7) is 5.51. The van der Waals surface area contributed by atoms with E-state index >= 15 is 0 Å². The van der Waals surface area contributed by atoms with Gasteiger partial charge in [0.15, 0.2) is 0 Å². The van der Waals surface area contributed by atoms with Crippen molar-refractivity contribution in [1.82, 2.24) is 5.32 Å². The number of hydrogen-bond donors (Lipinski definition) is 2. The van der Waals surface area contributed by atoms with Gasteiger partial charge in [-0.05, 0) is 20.8 Å². The van der Waals surface area contributed by atoms with E-state index in [0.717, 1.165) is 0 Å². The van der Waals surface area contributed by atoms with Crippen molar-refractivity contribution in [2.24, 2.45) is 5.73 Å². The van der Waals surface area contributed by atoms with Crippen LogP contribution in [0.15, 0.2) is 0 Å². The number of alkyl carbamates (subject to hydrolysis) is 1. The highest BCUT2D eigenvalue weighted by Gasteiger charge is 2.15. The van der Waals surface area contributed by atoms with Crippen molar-refractivity contribution in [3.05, 3.63) is 0 Å². The molecule has 0 bridgehead atoms. The van der Waals surface area contributed by atoms with Gasteiger partial charge in [0.2, 0.25) is 5.91 Å². The van der Waals surface area contributed by atoms with E-state index in [9.17, 15) is 9.59 Å². The van der Waals surface area contributed by atoms with Crippen LogP contribution >= 0.6 is 0 Å². The van der Waals surface area contributed by atoms with Gasteiger partial charge in [0.05, 0.1) is 0 Å². The zero-order valence-corrected chi connectivity index (χ0v) is 8.22. The van der Waals surface area contributed by atoms with Crippen LogP contribution in [0.2, 0.25) is 0 Å². The summed E-state index contributed by atoms with van der Waals surface area (Å²) in [4.78, 5) is 21.3. The summed E-state index contributed by atoms with van der Waals surface area (Å²) in [5.74, 6) is -0.448. The summed E-state index contributed by atoms with van der Waals surface area (Å²) < 4.78 is 4.92. The Bertz CT molecular complexity index is 205. The Balaban J connectivity index is -0.000000720. The highest BCUT2D eigenvalue weighted by molar-refractivity contribution is 5.75. The van der Waals surface area contributed by atoms with Crippen molar-refractivity contribution in [1.29, 1.82) is 0 Å². The Morgan fingerprint density at radius 3 is 2.38 bits per heavy atom. The molecule has 0 aliphatic carbocycles. The van der Waals surface area contributed by atoms with Crippen molar-refractivity contribution >= 4 is 12.0 Å². The van der Waals surface area contributed by atoms with Gasteiger partial charge in [0.1, 0.15) is 5.60 Å². The number of hydrogen-bond acceptors (Lipinski definition) is 3. The third kappa shape index (κ3) is 8.65. The number of primary amides is 1. The first-order valence-electron chi connectivity index (χ1n) is 4.06. The van der Waals surface area contributed by atoms with E-state index in [0.29, 0.717) is 0 Å². The third-order valence-electron chi connectivity index (χ3n) is 1.04. The molecule has 0 aliphatic rings. The molecule has 2 amide bonds. The zero-order valence-electron chi connectivity index (χ0n) is 8.22. The molecule has 0 aromatic rings. The molecule has 5 heteroatoms. The number of nitrogens with two attached hydrogens (primary N) is 1. The van der Waals surface area contributed by atoms with Gasteiger partial charge in [-0.2, -0.15) is 0 Å². The molecular formula is C8H20N2O3. The topological polar surface area (TPSA) is 81.4 Å². The maximum Gasteiger partial charge on any atom is 0.407 e. The summed E-state index contributed by atoms with van der Waals surface area (Å²) >= 11 is 0. The van der Waals surface area contributed by atoms with E-state index < -0.39 is 17.6 Å². The average molecular weight is 192 g/mol. The monoisotopic (exact) mass is 192 g/mol. The number of carbonyl (C=O) groups excluding carboxylic acids is 2. The molecule has 3 N–H and O–H groups in total. The molecule has 0 aromatic carbocycles. The van der Waals surface area contributed by atoms with E-state index in [2.05, 4.69) is 5.32 Å². The molecule has 5 nitrogen and oxygen atoms in total. The van der Waals surface area contributed by atoms with Crippen LogP contribution in [-0.2, 0) is 9.53 Å². The van der Waals surface area contributed by atoms with Crippen molar-refractivity contribution in [2.45, 2.75) is 32.8 Å². The summed E-state index contributed by atoms with van der Waals surface area (Å²) in [5.41, 5.74) is 4.36. The minimum Gasteiger partial charge on any atom is -0.444 e. The van der Waals surface area contributed by atoms with Crippen molar-refractivity contribution < 1.29 is 17.2 Å². The van der Waals surface area contributed by atoms with Crippen LogP contribution in [-0.4, -0.2) is 24.1 Å². The molecule has 0 aromatic heterocycles. The predicted octanol–water partition coefficient (Wildman–Crippen LogP) is 0.879. The molecule has 0 fully saturated rings. The molecule has 0 atom stereocenters. The normalized spacial score (nSPS) is 10.7. The Morgan fingerprint density at radius 2 is 2.00 bits per heavy atom. The molecule has 0 rings (SSSR count). The highest BCUT2D eigenvalue weighted by Crippen LogP contribution is 2.06. The molecule has 0 heterocycles. The zero-order chi connectivity index (χ0) is 10.5. The first-order valence-corrected chi connectivity index (χ1v) is 4.06. The van der Waals surface area contributed by atoms with Gasteiger partial charge < -0.3 is 15.8 Å². The van der Waals surface area contributed by atoms with Crippen molar-refractivity contribution in [3.63, 3.8) is 0 Å². The van der Waals surface area contributed by atoms with Crippen LogP contribution in [0.5, 0.6) is 0 Å². The lowest BCUT2D eigenvalue weighted by molar-refractivity contribution is -0.117. The van der Waals surface area contributed by atoms with Crippen molar-refractivity contribution in [3.8, 4) is 0 Å². The lowest BCUT2D eigenvalue weighted by Gasteiger charge is -2.19. The first-order chi connectivity index (χ1) is 5.81. The SMILES string of the molecule is CC(C)(C)OC(=O)NCCC(N)=O.[HH].[HH]. The second-order valence-electron chi connectivity index (χ2n) is 3.64. The molecule has 0 aliphatic heterocycles. The lowest BCUT2D eigenvalue weighted by Crippen LogP contribution is -2.34. The van der Waals surface area contributed by atoms with Crippen LogP contribution in [0.3, 0.4) is 0 Å². The predicted molar refractivity (Wildman–Crippen MR) is 52.3 cm³/mol. The van der Waals surface area contributed by atoms with E-state index in [-0.39, 0.29) is 15.8 Å². The second kappa shape index (κ2) is 4.69. The first kappa shape index (κ1) is 11.7. The number of ether oxygens (including phenoxy) is 1. The summed E-state index contributed by atoms with van der Waals surface area (Å²) in [6.07, 6.45) is -0.409. The highest BCUT2D eigenvalue weighted by atomic mass is 16.6. The molecule has 0 unspecified atom stereocenters. The average Bonchev–Trinajstić information content (AvgIpc) is 1.81. The van der Waals surface area contributed by atoms with Crippen LogP contribution in [0.1, 0.15) is 30.0 Å². The van der Waals surface area contributed by atoms with Gasteiger partial charge in [-0.25, -0.2) is 4.79 Å². The summed E-state index contributed by atoms with van der Waals surface area (Å²) in [5, 5.41) is 2.41. The van der Waals surface area contributed by atoms with Crippen molar-refractivity contribution in [2.75, 3.05) is 6.54 Å². The van der Waals surface area contributed by atoms with Gasteiger partial charge in [0, 0.05) is 15.8 Å². The maximum absolute atomic E-state index is 11.0. The van der Waals surface area contributed by atoms with Crippen LogP contribution in [0, 0.1) is 0 Å². The molecule has 0 saturated carbocycles. The quantitative estimate of drug-likeness (QED) is 0.696. The minimum absolute atomic E-state index is 0. The fourth-order valence-corrected chi connectivity index (χ4v) is 0.602. The fourth-order valence-electron chi connectivity index (χ4n) is 0.602. The Labute approximate surface area is 80.6 Å². The van der Waals surface area contributed by atoms with Gasteiger partial charge in [-0.3, -0.25) is 4.79 Å². The van der Waals surface area contributed by atoms with E-state index in [4.69, 9.17) is 10.5 Å². The van der Waals surface area contributed by atoms with Crippen LogP contribution in [0.4, 0.5) is 4.79 Å². The van der Waals surface area contributed by atoms with Crippen LogP contribution < -0.4 is 11.1 Å². The number of nitrogens with one attached hydrogen (secondary N) is 1. The van der Waals surface area contributed by atoms with Gasteiger partial charge in [0.25, 0.3) is 0 Å². The molecule has 13 heavy (non-hydrogen) atoms. The minimum atomic E-state index is -0.534. The largest absolute Gasteiger partial charge is 0.444 e. The van der Waals surface area contributed by atoms with Gasteiger partial charge in [-0.15, -0.1) is 0 Å². The summed E-state index contributed by atoms with van der Waals surface area (Å²) in [7, 11) is 0.